The molecule has 0 bridgehead atoms. The summed E-state index contributed by atoms with van der Waals surface area (Å²) >= 11 is 5.97. The number of nitrogens with one attached hydrogen (secondary N) is 2. The van der Waals surface area contributed by atoms with Crippen LogP contribution in [0.4, 0.5) is 0 Å². The van der Waals surface area contributed by atoms with Crippen LogP contribution in [-0.2, 0) is 10.2 Å². The Balaban J connectivity index is 1.34. The summed E-state index contributed by atoms with van der Waals surface area (Å²) in [6, 6.07) is 11.2. The summed E-state index contributed by atoms with van der Waals surface area (Å²) in [5.74, 6) is 0.427. The molecule has 1 saturated carbocycles. The van der Waals surface area contributed by atoms with E-state index in [9.17, 15) is 9.59 Å². The lowest BCUT2D eigenvalue weighted by Gasteiger charge is -2.33. The van der Waals surface area contributed by atoms with E-state index in [2.05, 4.69) is 10.3 Å². The smallest absolute Gasteiger partial charge is 0.270 e. The monoisotopic (exact) mass is 385 g/mol. The molecule has 2 amide bonds. The van der Waals surface area contributed by atoms with Crippen LogP contribution in [0.5, 0.6) is 0 Å². The Morgan fingerprint density at radius 1 is 1.22 bits per heavy atom. The highest BCUT2D eigenvalue weighted by molar-refractivity contribution is 6.30. The van der Waals surface area contributed by atoms with Gasteiger partial charge in [-0.15, -0.1) is 0 Å². The first-order chi connectivity index (χ1) is 13.1. The molecule has 1 aliphatic heterocycles. The van der Waals surface area contributed by atoms with E-state index in [1.807, 2.05) is 35.2 Å². The third kappa shape index (κ3) is 3.74. The number of carbonyl (C=O) groups is 2. The van der Waals surface area contributed by atoms with Crippen molar-refractivity contribution in [2.45, 2.75) is 31.1 Å². The van der Waals surface area contributed by atoms with E-state index in [4.69, 9.17) is 11.6 Å². The molecular formula is C21H24ClN3O2. The SMILES string of the molecule is O=C(c1ccc[nH]1)N1CCCC(CNC(=O)C2(c3ccc(Cl)cc3)CC2)C1. The summed E-state index contributed by atoms with van der Waals surface area (Å²) in [7, 11) is 0. The van der Waals surface area contributed by atoms with Crippen LogP contribution in [0.3, 0.4) is 0 Å². The highest BCUT2D eigenvalue weighted by Crippen LogP contribution is 2.48. The Morgan fingerprint density at radius 2 is 2.00 bits per heavy atom. The van der Waals surface area contributed by atoms with Gasteiger partial charge in [-0.05, 0) is 61.4 Å². The van der Waals surface area contributed by atoms with Crippen molar-refractivity contribution in [3.63, 3.8) is 0 Å². The quantitative estimate of drug-likeness (QED) is 0.828. The Kier molecular flexibility index (Phi) is 4.96. The first-order valence-electron chi connectivity index (χ1n) is 9.55. The maximum absolute atomic E-state index is 12.8. The van der Waals surface area contributed by atoms with Gasteiger partial charge in [-0.25, -0.2) is 0 Å². The maximum Gasteiger partial charge on any atom is 0.270 e. The van der Waals surface area contributed by atoms with Crippen molar-refractivity contribution < 1.29 is 9.59 Å². The van der Waals surface area contributed by atoms with Crippen LogP contribution < -0.4 is 5.32 Å². The molecule has 142 valence electrons. The molecule has 1 aliphatic carbocycles. The number of rotatable bonds is 5. The zero-order chi connectivity index (χ0) is 18.9. The lowest BCUT2D eigenvalue weighted by atomic mass is 9.93. The molecule has 1 aromatic heterocycles. The zero-order valence-electron chi connectivity index (χ0n) is 15.2. The molecule has 2 aliphatic rings. The Labute approximate surface area is 164 Å². The fraction of sp³-hybridized carbons (Fsp3) is 0.429. The van der Waals surface area contributed by atoms with Gasteiger partial charge >= 0.3 is 0 Å². The minimum absolute atomic E-state index is 0.0378. The topological polar surface area (TPSA) is 65.2 Å². The molecule has 0 radical (unpaired) electrons. The predicted octanol–water partition coefficient (Wildman–Crippen LogP) is 3.37. The molecule has 6 heteroatoms. The van der Waals surface area contributed by atoms with Gasteiger partial charge in [0.05, 0.1) is 5.41 Å². The van der Waals surface area contributed by atoms with Crippen LogP contribution >= 0.6 is 11.6 Å². The summed E-state index contributed by atoms with van der Waals surface area (Å²) in [5, 5.41) is 3.83. The van der Waals surface area contributed by atoms with Gasteiger partial charge in [0.1, 0.15) is 5.69 Å². The van der Waals surface area contributed by atoms with Crippen LogP contribution in [0.2, 0.25) is 5.02 Å². The fourth-order valence-corrected chi connectivity index (χ4v) is 4.12. The number of amides is 2. The summed E-state index contributed by atoms with van der Waals surface area (Å²) in [6.07, 6.45) is 5.52. The predicted molar refractivity (Wildman–Crippen MR) is 105 cm³/mol. The third-order valence-corrected chi connectivity index (χ3v) is 6.02. The van der Waals surface area contributed by atoms with Gasteiger partial charge < -0.3 is 15.2 Å². The Bertz CT molecular complexity index is 812. The molecule has 2 heterocycles. The average Bonchev–Trinajstić information content (AvgIpc) is 3.32. The molecule has 2 fully saturated rings. The maximum atomic E-state index is 12.8. The molecule has 2 N–H and O–H groups in total. The van der Waals surface area contributed by atoms with Crippen molar-refractivity contribution in [3.8, 4) is 0 Å². The largest absolute Gasteiger partial charge is 0.357 e. The standard InChI is InChI=1S/C21H24ClN3O2/c22-17-7-5-16(6-8-17)21(9-10-21)20(27)24-13-15-3-2-12-25(14-15)19(26)18-4-1-11-23-18/h1,4-8,11,15,23H,2-3,9-10,12-14H2,(H,24,27). The minimum Gasteiger partial charge on any atom is -0.357 e. The lowest BCUT2D eigenvalue weighted by Crippen LogP contribution is -2.45. The van der Waals surface area contributed by atoms with Gasteiger partial charge in [-0.3, -0.25) is 9.59 Å². The number of H-pyrrole nitrogens is 1. The second-order valence-electron chi connectivity index (χ2n) is 7.64. The number of carbonyl (C=O) groups excluding carboxylic acids is 2. The second kappa shape index (κ2) is 7.39. The Hall–Kier alpha value is -2.27. The van der Waals surface area contributed by atoms with E-state index in [0.717, 1.165) is 37.8 Å². The molecule has 2 aromatic rings. The van der Waals surface area contributed by atoms with Crippen LogP contribution in [-0.4, -0.2) is 41.3 Å². The van der Waals surface area contributed by atoms with Gasteiger partial charge in [0, 0.05) is 30.9 Å². The van der Waals surface area contributed by atoms with Crippen molar-refractivity contribution in [1.29, 1.82) is 0 Å². The number of halogens is 1. The molecule has 4 rings (SSSR count). The number of likely N-dealkylation sites (tertiary alicyclic amines) is 1. The molecule has 1 saturated heterocycles. The summed E-state index contributed by atoms with van der Waals surface area (Å²) < 4.78 is 0. The molecule has 0 spiro atoms. The fourth-order valence-electron chi connectivity index (χ4n) is 4.00. The number of benzene rings is 1. The minimum atomic E-state index is -0.390. The van der Waals surface area contributed by atoms with Crippen LogP contribution in [0, 0.1) is 5.92 Å². The molecule has 27 heavy (non-hydrogen) atoms. The first kappa shape index (κ1) is 18.1. The van der Waals surface area contributed by atoms with Crippen LogP contribution in [0.1, 0.15) is 41.7 Å². The normalized spacial score (nSPS) is 20.9. The van der Waals surface area contributed by atoms with E-state index in [1.165, 1.54) is 0 Å². The number of hydrogen-bond donors (Lipinski definition) is 2. The summed E-state index contributed by atoms with van der Waals surface area (Å²) in [5.41, 5.74) is 1.27. The molecule has 1 unspecified atom stereocenters. The van der Waals surface area contributed by atoms with Crippen LogP contribution in [0.25, 0.3) is 0 Å². The van der Waals surface area contributed by atoms with E-state index in [-0.39, 0.29) is 17.2 Å². The number of aromatic amines is 1. The van der Waals surface area contributed by atoms with E-state index in [1.54, 1.807) is 12.3 Å². The third-order valence-electron chi connectivity index (χ3n) is 5.77. The van der Waals surface area contributed by atoms with Crippen molar-refractivity contribution in [1.82, 2.24) is 15.2 Å². The highest BCUT2D eigenvalue weighted by Gasteiger charge is 2.51. The van der Waals surface area contributed by atoms with E-state index >= 15 is 0 Å². The van der Waals surface area contributed by atoms with E-state index < -0.39 is 0 Å². The Morgan fingerprint density at radius 3 is 2.67 bits per heavy atom. The van der Waals surface area contributed by atoms with Gasteiger partial charge in [-0.1, -0.05) is 23.7 Å². The summed E-state index contributed by atoms with van der Waals surface area (Å²) in [4.78, 5) is 30.2. The van der Waals surface area contributed by atoms with Crippen molar-refractivity contribution in [2.75, 3.05) is 19.6 Å². The van der Waals surface area contributed by atoms with E-state index in [0.29, 0.717) is 29.7 Å². The van der Waals surface area contributed by atoms with Crippen molar-refractivity contribution in [2.24, 2.45) is 5.92 Å². The zero-order valence-corrected chi connectivity index (χ0v) is 16.0. The molecule has 1 atom stereocenters. The van der Waals surface area contributed by atoms with Crippen molar-refractivity contribution >= 4 is 23.4 Å². The first-order valence-corrected chi connectivity index (χ1v) is 9.93. The average molecular weight is 386 g/mol. The highest BCUT2D eigenvalue weighted by atomic mass is 35.5. The summed E-state index contributed by atoms with van der Waals surface area (Å²) in [6.45, 7) is 2.08. The number of piperidine rings is 1. The van der Waals surface area contributed by atoms with Crippen molar-refractivity contribution in [3.05, 3.63) is 58.9 Å². The number of aromatic nitrogens is 1. The van der Waals surface area contributed by atoms with Gasteiger partial charge in [-0.2, -0.15) is 0 Å². The number of nitrogens with zero attached hydrogens (tertiary/aromatic N) is 1. The van der Waals surface area contributed by atoms with Gasteiger partial charge in [0.15, 0.2) is 0 Å². The molecule has 1 aromatic carbocycles. The number of hydrogen-bond acceptors (Lipinski definition) is 2. The van der Waals surface area contributed by atoms with Gasteiger partial charge in [0.25, 0.3) is 5.91 Å². The lowest BCUT2D eigenvalue weighted by molar-refractivity contribution is -0.123. The van der Waals surface area contributed by atoms with Crippen LogP contribution in [0.15, 0.2) is 42.6 Å². The van der Waals surface area contributed by atoms with Gasteiger partial charge in [0.2, 0.25) is 5.91 Å². The molecule has 5 nitrogen and oxygen atoms in total. The molecular weight excluding hydrogens is 362 g/mol. The second-order valence-corrected chi connectivity index (χ2v) is 8.08.